The maximum atomic E-state index is 9.16. The van der Waals surface area contributed by atoms with Crippen molar-refractivity contribution < 1.29 is 13.9 Å². The lowest BCUT2D eigenvalue weighted by molar-refractivity contribution is 0.421. The first-order valence-corrected chi connectivity index (χ1v) is 4.20. The summed E-state index contributed by atoms with van der Waals surface area (Å²) in [5, 5.41) is 9.16. The average Bonchev–Trinajstić information content (AvgIpc) is 2.15. The summed E-state index contributed by atoms with van der Waals surface area (Å²) in [5.41, 5.74) is 1.09. The fraction of sp³-hybridized carbons (Fsp3) is 0. The Morgan fingerprint density at radius 1 is 0.933 bits per heavy atom. The van der Waals surface area contributed by atoms with Crippen molar-refractivity contribution in [1.82, 2.24) is 15.0 Å². The Balaban J connectivity index is 2.56. The normalized spacial score (nSPS) is 10.9. The fourth-order valence-corrected chi connectivity index (χ4v) is 1.23. The van der Waals surface area contributed by atoms with Crippen LogP contribution in [0.4, 0.5) is 0 Å². The molecule has 0 fully saturated rings. The molecule has 1 N–H and O–H groups in total. The van der Waals surface area contributed by atoms with E-state index in [1.807, 2.05) is 0 Å². The monoisotopic (exact) mass is 203 g/mol. The van der Waals surface area contributed by atoms with Crippen LogP contribution in [0.15, 0.2) is 33.1 Å². The fourth-order valence-electron chi connectivity index (χ4n) is 1.23. The third-order valence-electron chi connectivity index (χ3n) is 1.81. The molecule has 0 spiro atoms. The molecule has 0 unspecified atom stereocenters. The predicted octanol–water partition coefficient (Wildman–Crippen LogP) is 1.63. The average molecular weight is 203 g/mol. The molecule has 6 nitrogen and oxygen atoms in total. The molecular weight excluding hydrogens is 198 g/mol. The van der Waals surface area contributed by atoms with Gasteiger partial charge in [-0.3, -0.25) is 0 Å². The maximum absolute atomic E-state index is 9.16. The topological polar surface area (TPSA) is 85.2 Å². The van der Waals surface area contributed by atoms with Crippen LogP contribution in [-0.4, -0.2) is 20.1 Å². The Kier molecular flexibility index (Phi) is 1.49. The van der Waals surface area contributed by atoms with Gasteiger partial charge in [0.15, 0.2) is 0 Å². The lowest BCUT2D eigenvalue weighted by atomic mass is 10.3. The smallest absolute Gasteiger partial charge is 0.331 e. The highest BCUT2D eigenvalue weighted by Gasteiger charge is 2.01. The molecule has 3 rings (SSSR count). The Morgan fingerprint density at radius 2 is 1.53 bits per heavy atom. The van der Waals surface area contributed by atoms with Gasteiger partial charge in [0.1, 0.15) is 11.2 Å². The maximum Gasteiger partial charge on any atom is 0.331 e. The van der Waals surface area contributed by atoms with Crippen LogP contribution in [0.3, 0.4) is 0 Å². The first-order chi connectivity index (χ1) is 7.29. The van der Waals surface area contributed by atoms with Crippen molar-refractivity contribution >= 4 is 22.9 Å². The van der Waals surface area contributed by atoms with Crippen molar-refractivity contribution in [2.24, 2.45) is 0 Å². The minimum absolute atomic E-state index is 0.00866. The van der Waals surface area contributed by atoms with Gasteiger partial charge in [-0.2, -0.15) is 0 Å². The summed E-state index contributed by atoms with van der Waals surface area (Å²) >= 11 is 0. The van der Waals surface area contributed by atoms with Crippen LogP contribution in [0.1, 0.15) is 0 Å². The van der Waals surface area contributed by atoms with Crippen LogP contribution < -0.4 is 0 Å². The summed E-state index contributed by atoms with van der Waals surface area (Å²) < 4.78 is 10.6. The Labute approximate surface area is 82.9 Å². The van der Waals surface area contributed by atoms with Gasteiger partial charge in [0.25, 0.3) is 0 Å². The van der Waals surface area contributed by atoms with Gasteiger partial charge >= 0.3 is 17.7 Å². The number of nitrogens with zero attached hydrogens (tertiary/aromatic N) is 3. The minimum atomic E-state index is -0.430. The molecule has 2 heterocycles. The van der Waals surface area contributed by atoms with E-state index in [2.05, 4.69) is 15.0 Å². The van der Waals surface area contributed by atoms with Crippen LogP contribution >= 0.6 is 0 Å². The first kappa shape index (κ1) is 7.98. The van der Waals surface area contributed by atoms with E-state index in [1.54, 1.807) is 24.3 Å². The highest BCUT2D eigenvalue weighted by Crippen LogP contribution is 2.13. The van der Waals surface area contributed by atoms with Gasteiger partial charge < -0.3 is 13.9 Å². The van der Waals surface area contributed by atoms with E-state index in [0.717, 1.165) is 0 Å². The van der Waals surface area contributed by atoms with Crippen molar-refractivity contribution in [2.75, 3.05) is 0 Å². The second kappa shape index (κ2) is 2.81. The van der Waals surface area contributed by atoms with Crippen LogP contribution in [-0.2, 0) is 0 Å². The molecule has 0 atom stereocenters. The lowest BCUT2D eigenvalue weighted by Gasteiger charge is -1.95. The summed E-state index contributed by atoms with van der Waals surface area (Å²) in [6.07, 6.45) is 0. The molecule has 0 radical (unpaired) electrons. The summed E-state index contributed by atoms with van der Waals surface area (Å²) in [6.45, 7) is 0. The molecule has 0 saturated heterocycles. The van der Waals surface area contributed by atoms with E-state index < -0.39 is 6.01 Å². The Morgan fingerprint density at radius 3 is 2.13 bits per heavy atom. The highest BCUT2D eigenvalue weighted by molar-refractivity contribution is 5.57. The SMILES string of the molecule is Oc1nc2nc(n1)oc1cccc(c1)o2. The molecule has 4 bridgehead atoms. The van der Waals surface area contributed by atoms with Crippen LogP contribution in [0, 0.1) is 0 Å². The third kappa shape index (κ3) is 1.41. The lowest BCUT2D eigenvalue weighted by Crippen LogP contribution is -1.87. The van der Waals surface area contributed by atoms with Gasteiger partial charge in [-0.1, -0.05) is 6.07 Å². The van der Waals surface area contributed by atoms with Gasteiger partial charge in [-0.15, -0.1) is 15.0 Å². The third-order valence-corrected chi connectivity index (χ3v) is 1.81. The van der Waals surface area contributed by atoms with E-state index in [0.29, 0.717) is 11.2 Å². The van der Waals surface area contributed by atoms with Gasteiger partial charge in [-0.25, -0.2) is 0 Å². The zero-order valence-electron chi connectivity index (χ0n) is 7.41. The standard InChI is InChI=1S/C9H5N3O3/c13-7-10-8-12-9(11-7)15-6-3-1-2-5(4-6)14-8/h1-4H,(H,10,11,12,13). The quantitative estimate of drug-likeness (QED) is 0.597. The van der Waals surface area contributed by atoms with Crippen molar-refractivity contribution in [3.8, 4) is 6.01 Å². The molecule has 74 valence electrons. The summed E-state index contributed by atoms with van der Waals surface area (Å²) in [6, 6.07) is 6.50. The number of benzene rings is 1. The zero-order valence-corrected chi connectivity index (χ0v) is 7.41. The van der Waals surface area contributed by atoms with Crippen molar-refractivity contribution in [3.63, 3.8) is 0 Å². The van der Waals surface area contributed by atoms with E-state index in [9.17, 15) is 0 Å². The number of rotatable bonds is 0. The molecule has 2 aromatic heterocycles. The summed E-state index contributed by atoms with van der Waals surface area (Å²) in [4.78, 5) is 11.0. The minimum Gasteiger partial charge on any atom is -0.479 e. The molecule has 0 aliphatic rings. The van der Waals surface area contributed by atoms with Gasteiger partial charge in [0.05, 0.1) is 0 Å². The van der Waals surface area contributed by atoms with E-state index in [4.69, 9.17) is 13.9 Å². The summed E-state index contributed by atoms with van der Waals surface area (Å²) in [7, 11) is 0. The van der Waals surface area contributed by atoms with E-state index in [-0.39, 0.29) is 11.7 Å². The number of aromatic nitrogens is 3. The van der Waals surface area contributed by atoms with E-state index in [1.165, 1.54) is 0 Å². The Hall–Kier alpha value is -2.37. The van der Waals surface area contributed by atoms with E-state index >= 15 is 0 Å². The highest BCUT2D eigenvalue weighted by atomic mass is 16.4. The van der Waals surface area contributed by atoms with Gasteiger partial charge in [-0.05, 0) is 12.1 Å². The largest absolute Gasteiger partial charge is 0.479 e. The van der Waals surface area contributed by atoms with Crippen LogP contribution in [0.2, 0.25) is 0 Å². The van der Waals surface area contributed by atoms with Crippen LogP contribution in [0.5, 0.6) is 6.01 Å². The molecule has 15 heavy (non-hydrogen) atoms. The van der Waals surface area contributed by atoms with Crippen molar-refractivity contribution in [2.45, 2.75) is 0 Å². The van der Waals surface area contributed by atoms with Crippen molar-refractivity contribution in [3.05, 3.63) is 24.3 Å². The Bertz CT molecular complexity index is 607. The second-order valence-electron chi connectivity index (χ2n) is 2.88. The van der Waals surface area contributed by atoms with Crippen molar-refractivity contribution in [1.29, 1.82) is 0 Å². The number of aromatic hydroxyl groups is 1. The summed E-state index contributed by atoms with van der Waals surface area (Å²) in [5.74, 6) is 0.0173. The molecule has 1 aromatic carbocycles. The zero-order chi connectivity index (χ0) is 10.3. The molecule has 0 saturated carbocycles. The predicted molar refractivity (Wildman–Crippen MR) is 49.8 cm³/mol. The molecular formula is C9H5N3O3. The number of hydrogen-bond donors (Lipinski definition) is 1. The number of fused-ring (bicyclic) bond motifs is 4. The van der Waals surface area contributed by atoms with Gasteiger partial charge in [0.2, 0.25) is 0 Å². The molecule has 0 amide bonds. The molecule has 3 aromatic rings. The first-order valence-electron chi connectivity index (χ1n) is 4.20. The molecule has 6 heteroatoms. The van der Waals surface area contributed by atoms with Crippen LogP contribution in [0.25, 0.3) is 22.9 Å². The van der Waals surface area contributed by atoms with Gasteiger partial charge in [0, 0.05) is 6.07 Å². The molecule has 0 aliphatic carbocycles. The number of hydrogen-bond acceptors (Lipinski definition) is 6. The molecule has 0 aliphatic heterocycles. The second-order valence-corrected chi connectivity index (χ2v) is 2.88.